The number of hydrogen-bond donors (Lipinski definition) is 1. The molecule has 3 nitrogen and oxygen atoms in total. The van der Waals surface area contributed by atoms with Gasteiger partial charge in [-0.3, -0.25) is 0 Å². The van der Waals surface area contributed by atoms with Gasteiger partial charge in [0.25, 0.3) is 0 Å². The quantitative estimate of drug-likeness (QED) is 0.824. The molecule has 0 bridgehead atoms. The van der Waals surface area contributed by atoms with E-state index in [2.05, 4.69) is 29.9 Å². The van der Waals surface area contributed by atoms with Gasteiger partial charge in [-0.2, -0.15) is 0 Å². The number of fused-ring (bicyclic) bond motifs is 1. The fraction of sp³-hybridized carbons (Fsp3) is 0.750. The molecule has 1 unspecified atom stereocenters. The molecule has 2 rings (SSSR count). The minimum Gasteiger partial charge on any atom is -0.333 e. The Labute approximate surface area is 91.9 Å². The summed E-state index contributed by atoms with van der Waals surface area (Å²) in [6.07, 6.45) is 6.87. The second-order valence-electron chi connectivity index (χ2n) is 4.30. The van der Waals surface area contributed by atoms with Gasteiger partial charge in [0, 0.05) is 12.7 Å². The molecule has 0 amide bonds. The predicted octanol–water partition coefficient (Wildman–Crippen LogP) is 2.28. The molecule has 1 aliphatic rings. The van der Waals surface area contributed by atoms with Gasteiger partial charge in [-0.05, 0) is 25.8 Å². The van der Waals surface area contributed by atoms with Crippen molar-refractivity contribution in [2.24, 2.45) is 0 Å². The number of nitrogens with one attached hydrogen (secondary N) is 1. The zero-order valence-electron chi connectivity index (χ0n) is 9.79. The largest absolute Gasteiger partial charge is 0.333 e. The molecule has 1 aromatic heterocycles. The second kappa shape index (κ2) is 4.79. The molecular formula is C12H21N3. The Hall–Kier alpha value is -0.830. The lowest BCUT2D eigenvalue weighted by atomic mass is 10.2. The van der Waals surface area contributed by atoms with Gasteiger partial charge in [0.2, 0.25) is 0 Å². The normalized spacial score (nSPS) is 21.1. The van der Waals surface area contributed by atoms with E-state index in [0.717, 1.165) is 25.9 Å². The van der Waals surface area contributed by atoms with Gasteiger partial charge in [0.1, 0.15) is 5.82 Å². The van der Waals surface area contributed by atoms with Crippen LogP contribution in [0.1, 0.15) is 50.7 Å². The van der Waals surface area contributed by atoms with Gasteiger partial charge in [-0.15, -0.1) is 0 Å². The molecule has 1 atom stereocenters. The highest BCUT2D eigenvalue weighted by Gasteiger charge is 2.18. The van der Waals surface area contributed by atoms with Crippen LogP contribution in [0.2, 0.25) is 0 Å². The van der Waals surface area contributed by atoms with Crippen molar-refractivity contribution in [2.45, 2.75) is 52.1 Å². The van der Waals surface area contributed by atoms with Gasteiger partial charge in [-0.1, -0.05) is 20.3 Å². The lowest BCUT2D eigenvalue weighted by Gasteiger charge is -2.12. The maximum Gasteiger partial charge on any atom is 0.126 e. The maximum atomic E-state index is 4.75. The standard InChI is InChI=1S/C12H21N3/c1-3-6-10-9-15-8-5-7-13-11(4-2)12(15)14-10/h9,11,13H,3-8H2,1-2H3. The smallest absolute Gasteiger partial charge is 0.126 e. The van der Waals surface area contributed by atoms with Crippen molar-refractivity contribution < 1.29 is 0 Å². The average molecular weight is 207 g/mol. The fourth-order valence-electron chi connectivity index (χ4n) is 2.26. The van der Waals surface area contributed by atoms with Crippen molar-refractivity contribution in [3.8, 4) is 0 Å². The topological polar surface area (TPSA) is 29.9 Å². The summed E-state index contributed by atoms with van der Waals surface area (Å²) < 4.78 is 2.35. The molecule has 0 spiro atoms. The number of imidazole rings is 1. The number of aryl methyl sites for hydroxylation is 2. The van der Waals surface area contributed by atoms with Crippen molar-refractivity contribution >= 4 is 0 Å². The molecule has 1 N–H and O–H groups in total. The second-order valence-corrected chi connectivity index (χ2v) is 4.30. The summed E-state index contributed by atoms with van der Waals surface area (Å²) in [5.41, 5.74) is 1.26. The molecule has 84 valence electrons. The van der Waals surface area contributed by atoms with E-state index in [1.54, 1.807) is 0 Å². The van der Waals surface area contributed by atoms with Gasteiger partial charge >= 0.3 is 0 Å². The number of aromatic nitrogens is 2. The van der Waals surface area contributed by atoms with E-state index < -0.39 is 0 Å². The summed E-state index contributed by atoms with van der Waals surface area (Å²) in [5, 5.41) is 3.56. The molecule has 0 radical (unpaired) electrons. The van der Waals surface area contributed by atoms with Crippen molar-refractivity contribution in [1.29, 1.82) is 0 Å². The predicted molar refractivity (Wildman–Crippen MR) is 61.9 cm³/mol. The average Bonchev–Trinajstić information content (AvgIpc) is 2.53. The minimum absolute atomic E-state index is 0.457. The van der Waals surface area contributed by atoms with Crippen LogP contribution in [0.5, 0.6) is 0 Å². The highest BCUT2D eigenvalue weighted by molar-refractivity contribution is 5.09. The summed E-state index contributed by atoms with van der Waals surface area (Å²) in [7, 11) is 0. The molecule has 0 saturated carbocycles. The first kappa shape index (κ1) is 10.7. The molecule has 15 heavy (non-hydrogen) atoms. The molecule has 2 heterocycles. The van der Waals surface area contributed by atoms with Crippen LogP contribution in [0.3, 0.4) is 0 Å². The van der Waals surface area contributed by atoms with Gasteiger partial charge < -0.3 is 9.88 Å². The first-order valence-electron chi connectivity index (χ1n) is 6.14. The summed E-state index contributed by atoms with van der Waals surface area (Å²) in [5.74, 6) is 1.25. The number of nitrogens with zero attached hydrogens (tertiary/aromatic N) is 2. The number of rotatable bonds is 3. The summed E-state index contributed by atoms with van der Waals surface area (Å²) in [4.78, 5) is 4.75. The van der Waals surface area contributed by atoms with Crippen molar-refractivity contribution in [1.82, 2.24) is 14.9 Å². The van der Waals surface area contributed by atoms with Gasteiger partial charge in [-0.25, -0.2) is 4.98 Å². The van der Waals surface area contributed by atoms with Crippen LogP contribution in [-0.4, -0.2) is 16.1 Å². The molecular weight excluding hydrogens is 186 g/mol. The molecule has 1 aliphatic heterocycles. The Balaban J connectivity index is 2.25. The maximum absolute atomic E-state index is 4.75. The molecule has 0 fully saturated rings. The van der Waals surface area contributed by atoms with E-state index in [-0.39, 0.29) is 0 Å². The Bertz CT molecular complexity index is 317. The Kier molecular flexibility index (Phi) is 3.41. The third kappa shape index (κ3) is 2.23. The molecule has 3 heteroatoms. The Morgan fingerprint density at radius 2 is 2.40 bits per heavy atom. The van der Waals surface area contributed by atoms with Crippen LogP contribution >= 0.6 is 0 Å². The van der Waals surface area contributed by atoms with E-state index in [1.165, 1.54) is 24.4 Å². The molecule has 0 aromatic carbocycles. The first-order chi connectivity index (χ1) is 7.35. The van der Waals surface area contributed by atoms with Crippen molar-refractivity contribution in [2.75, 3.05) is 6.54 Å². The van der Waals surface area contributed by atoms with Crippen molar-refractivity contribution in [3.05, 3.63) is 17.7 Å². The van der Waals surface area contributed by atoms with Crippen LogP contribution < -0.4 is 5.32 Å². The summed E-state index contributed by atoms with van der Waals surface area (Å²) in [6.45, 7) is 6.67. The lowest BCUT2D eigenvalue weighted by Crippen LogP contribution is -2.21. The Morgan fingerprint density at radius 1 is 1.53 bits per heavy atom. The van der Waals surface area contributed by atoms with Crippen LogP contribution in [0, 0.1) is 0 Å². The third-order valence-corrected chi connectivity index (χ3v) is 3.05. The molecule has 0 aliphatic carbocycles. The van der Waals surface area contributed by atoms with Crippen molar-refractivity contribution in [3.63, 3.8) is 0 Å². The van der Waals surface area contributed by atoms with Crippen LogP contribution in [-0.2, 0) is 13.0 Å². The third-order valence-electron chi connectivity index (χ3n) is 3.05. The van der Waals surface area contributed by atoms with Crippen LogP contribution in [0.15, 0.2) is 6.20 Å². The fourth-order valence-corrected chi connectivity index (χ4v) is 2.26. The zero-order chi connectivity index (χ0) is 10.7. The van der Waals surface area contributed by atoms with E-state index in [4.69, 9.17) is 4.98 Å². The van der Waals surface area contributed by atoms with Crippen LogP contribution in [0.4, 0.5) is 0 Å². The monoisotopic (exact) mass is 207 g/mol. The SMILES string of the molecule is CCCc1cn2c(n1)C(CC)NCCC2. The molecule has 1 aromatic rings. The highest BCUT2D eigenvalue weighted by Crippen LogP contribution is 2.20. The first-order valence-corrected chi connectivity index (χ1v) is 6.14. The highest BCUT2D eigenvalue weighted by atomic mass is 15.1. The minimum atomic E-state index is 0.457. The van der Waals surface area contributed by atoms with Gasteiger partial charge in [0.05, 0.1) is 11.7 Å². The summed E-state index contributed by atoms with van der Waals surface area (Å²) >= 11 is 0. The van der Waals surface area contributed by atoms with Crippen LogP contribution in [0.25, 0.3) is 0 Å². The van der Waals surface area contributed by atoms with E-state index in [9.17, 15) is 0 Å². The lowest BCUT2D eigenvalue weighted by molar-refractivity contribution is 0.513. The zero-order valence-corrected chi connectivity index (χ0v) is 9.79. The Morgan fingerprint density at radius 3 is 3.13 bits per heavy atom. The van der Waals surface area contributed by atoms with E-state index in [1.807, 2.05) is 0 Å². The molecule has 0 saturated heterocycles. The summed E-state index contributed by atoms with van der Waals surface area (Å²) in [6, 6.07) is 0.457. The van der Waals surface area contributed by atoms with Gasteiger partial charge in [0.15, 0.2) is 0 Å². The number of hydrogen-bond acceptors (Lipinski definition) is 2. The van der Waals surface area contributed by atoms with E-state index >= 15 is 0 Å². The van der Waals surface area contributed by atoms with E-state index in [0.29, 0.717) is 6.04 Å².